The molecule has 10 heteroatoms. The number of benzene rings is 1. The van der Waals surface area contributed by atoms with Crippen LogP contribution in [0.15, 0.2) is 39.9 Å². The van der Waals surface area contributed by atoms with Gasteiger partial charge in [-0.1, -0.05) is 18.7 Å². The number of rotatable bonds is 6. The molecule has 0 saturated heterocycles. The molecule has 0 aliphatic rings. The van der Waals surface area contributed by atoms with Crippen LogP contribution in [0.1, 0.15) is 23.3 Å². The van der Waals surface area contributed by atoms with Crippen LogP contribution in [0.4, 0.5) is 4.39 Å². The van der Waals surface area contributed by atoms with Crippen LogP contribution in [-0.2, 0) is 12.2 Å². The molecule has 0 radical (unpaired) electrons. The molecule has 0 aliphatic heterocycles. The number of nitrogen functional groups attached to an aromatic ring is 1. The van der Waals surface area contributed by atoms with E-state index in [1.807, 2.05) is 0 Å². The largest absolute Gasteiger partial charge is 0.419 e. The Kier molecular flexibility index (Phi) is 5.14. The zero-order chi connectivity index (χ0) is 19.7. The molecule has 0 unspecified atom stereocenters. The van der Waals surface area contributed by atoms with E-state index in [9.17, 15) is 4.39 Å². The maximum absolute atomic E-state index is 13.1. The minimum Gasteiger partial charge on any atom is -0.419 e. The summed E-state index contributed by atoms with van der Waals surface area (Å²) in [7, 11) is 0. The molecule has 4 aromatic rings. The number of aryl methyl sites for hydroxylation is 2. The van der Waals surface area contributed by atoms with E-state index in [2.05, 4.69) is 40.3 Å². The number of thiophene rings is 1. The van der Waals surface area contributed by atoms with Crippen molar-refractivity contribution in [3.63, 3.8) is 0 Å². The summed E-state index contributed by atoms with van der Waals surface area (Å²) in [6.45, 7) is 4.21. The number of aromatic nitrogens is 5. The fourth-order valence-corrected chi connectivity index (χ4v) is 4.41. The SMILES string of the molecule is CCc1sc(-c2nnc(CSc3nnc(-c4ccc(F)cc4)n3N)o2)cc1C. The normalized spacial score (nSPS) is 11.2. The number of halogens is 1. The first-order chi connectivity index (χ1) is 13.5. The monoisotopic (exact) mass is 416 g/mol. The first kappa shape index (κ1) is 18.6. The molecule has 28 heavy (non-hydrogen) atoms. The van der Waals surface area contributed by atoms with Crippen molar-refractivity contribution < 1.29 is 8.81 Å². The summed E-state index contributed by atoms with van der Waals surface area (Å²) in [5.74, 6) is 7.63. The van der Waals surface area contributed by atoms with Crippen LogP contribution in [0, 0.1) is 12.7 Å². The van der Waals surface area contributed by atoms with Crippen molar-refractivity contribution in [3.05, 3.63) is 52.5 Å². The molecule has 0 fully saturated rings. The minimum absolute atomic E-state index is 0.319. The molecule has 3 heterocycles. The standard InChI is InChI=1S/C18H17FN6OS2/c1-3-13-10(2)8-14(28-13)17-23-21-15(26-17)9-27-18-24-22-16(25(18)20)11-4-6-12(19)7-5-11/h4-8H,3,9,20H2,1-2H3. The van der Waals surface area contributed by atoms with Gasteiger partial charge in [-0.3, -0.25) is 0 Å². The smallest absolute Gasteiger partial charge is 0.257 e. The third kappa shape index (κ3) is 3.65. The van der Waals surface area contributed by atoms with Gasteiger partial charge in [-0.2, -0.15) is 0 Å². The first-order valence-corrected chi connectivity index (χ1v) is 10.4. The van der Waals surface area contributed by atoms with Crippen LogP contribution in [-0.4, -0.2) is 25.1 Å². The van der Waals surface area contributed by atoms with Crippen LogP contribution >= 0.6 is 23.1 Å². The van der Waals surface area contributed by atoms with Crippen LogP contribution in [0.2, 0.25) is 0 Å². The number of thioether (sulfide) groups is 1. The molecule has 0 aliphatic carbocycles. The topological polar surface area (TPSA) is 95.7 Å². The lowest BCUT2D eigenvalue weighted by molar-refractivity contribution is 0.529. The van der Waals surface area contributed by atoms with Crippen LogP contribution < -0.4 is 5.84 Å². The average Bonchev–Trinajstić information content (AvgIpc) is 3.39. The summed E-state index contributed by atoms with van der Waals surface area (Å²) >= 11 is 3.01. The van der Waals surface area contributed by atoms with Gasteiger partial charge in [0.15, 0.2) is 5.82 Å². The number of hydrogen-bond donors (Lipinski definition) is 1. The van der Waals surface area contributed by atoms with Crippen molar-refractivity contribution in [2.24, 2.45) is 0 Å². The molecule has 1 aromatic carbocycles. The molecule has 0 amide bonds. The highest BCUT2D eigenvalue weighted by Gasteiger charge is 2.16. The molecular weight excluding hydrogens is 399 g/mol. The highest BCUT2D eigenvalue weighted by molar-refractivity contribution is 7.98. The van der Waals surface area contributed by atoms with Crippen molar-refractivity contribution in [3.8, 4) is 22.2 Å². The van der Waals surface area contributed by atoms with E-state index < -0.39 is 0 Å². The first-order valence-electron chi connectivity index (χ1n) is 8.56. The second-order valence-corrected chi connectivity index (χ2v) is 8.12. The van der Waals surface area contributed by atoms with E-state index in [4.69, 9.17) is 10.3 Å². The predicted molar refractivity (Wildman–Crippen MR) is 107 cm³/mol. The van der Waals surface area contributed by atoms with E-state index in [1.165, 1.54) is 39.0 Å². The van der Waals surface area contributed by atoms with E-state index in [-0.39, 0.29) is 5.82 Å². The highest BCUT2D eigenvalue weighted by atomic mass is 32.2. The van der Waals surface area contributed by atoms with Crippen LogP contribution in [0.3, 0.4) is 0 Å². The van der Waals surface area contributed by atoms with E-state index >= 15 is 0 Å². The van der Waals surface area contributed by atoms with Gasteiger partial charge in [0.2, 0.25) is 11.0 Å². The van der Waals surface area contributed by atoms with E-state index in [0.717, 1.165) is 11.3 Å². The van der Waals surface area contributed by atoms with Crippen LogP contribution in [0.25, 0.3) is 22.2 Å². The highest BCUT2D eigenvalue weighted by Crippen LogP contribution is 2.31. The zero-order valence-corrected chi connectivity index (χ0v) is 16.9. The van der Waals surface area contributed by atoms with Crippen molar-refractivity contribution in [2.45, 2.75) is 31.2 Å². The third-order valence-corrected chi connectivity index (χ3v) is 6.41. The fourth-order valence-electron chi connectivity index (χ4n) is 2.69. The van der Waals surface area contributed by atoms with Gasteiger partial charge < -0.3 is 10.3 Å². The molecule has 0 bridgehead atoms. The summed E-state index contributed by atoms with van der Waals surface area (Å²) in [6, 6.07) is 7.99. The van der Waals surface area contributed by atoms with Crippen LogP contribution in [0.5, 0.6) is 0 Å². The Balaban J connectivity index is 1.47. The number of hydrogen-bond acceptors (Lipinski definition) is 8. The summed E-state index contributed by atoms with van der Waals surface area (Å²) in [5, 5.41) is 16.9. The van der Waals surface area contributed by atoms with E-state index in [0.29, 0.717) is 34.1 Å². The summed E-state index contributed by atoms with van der Waals surface area (Å²) < 4.78 is 20.2. The summed E-state index contributed by atoms with van der Waals surface area (Å²) in [5.41, 5.74) is 1.92. The maximum atomic E-state index is 13.1. The Morgan fingerprint density at radius 1 is 1.18 bits per heavy atom. The Bertz CT molecular complexity index is 1100. The molecule has 0 spiro atoms. The summed E-state index contributed by atoms with van der Waals surface area (Å²) in [6.07, 6.45) is 0.982. The van der Waals surface area contributed by atoms with Gasteiger partial charge in [0.1, 0.15) is 5.82 Å². The second-order valence-electron chi connectivity index (χ2n) is 6.04. The van der Waals surface area contributed by atoms with Crippen molar-refractivity contribution in [1.29, 1.82) is 0 Å². The van der Waals surface area contributed by atoms with Gasteiger partial charge in [-0.05, 0) is 49.2 Å². The molecule has 4 rings (SSSR count). The molecule has 144 valence electrons. The minimum atomic E-state index is -0.319. The van der Waals surface area contributed by atoms with Gasteiger partial charge in [0.25, 0.3) is 5.89 Å². The number of nitrogens with two attached hydrogens (primary N) is 1. The zero-order valence-electron chi connectivity index (χ0n) is 15.2. The van der Waals surface area contributed by atoms with E-state index in [1.54, 1.807) is 23.5 Å². The molecule has 0 atom stereocenters. The number of nitrogens with zero attached hydrogens (tertiary/aromatic N) is 5. The second kappa shape index (κ2) is 7.72. The molecular formula is C18H17FN6OS2. The van der Waals surface area contributed by atoms with Gasteiger partial charge in [0.05, 0.1) is 10.6 Å². The quantitative estimate of drug-likeness (QED) is 0.374. The van der Waals surface area contributed by atoms with Gasteiger partial charge in [-0.25, -0.2) is 9.07 Å². The predicted octanol–water partition coefficient (Wildman–Crippen LogP) is 4.07. The Morgan fingerprint density at radius 2 is 1.96 bits per heavy atom. The maximum Gasteiger partial charge on any atom is 0.257 e. The lowest BCUT2D eigenvalue weighted by Gasteiger charge is -2.02. The average molecular weight is 417 g/mol. The lowest BCUT2D eigenvalue weighted by Crippen LogP contribution is -2.11. The van der Waals surface area contributed by atoms with Crippen molar-refractivity contribution in [1.82, 2.24) is 25.1 Å². The van der Waals surface area contributed by atoms with Gasteiger partial charge in [0, 0.05) is 10.4 Å². The lowest BCUT2D eigenvalue weighted by atomic mass is 10.2. The fraction of sp³-hybridized carbons (Fsp3) is 0.222. The molecule has 0 saturated carbocycles. The van der Waals surface area contributed by atoms with Gasteiger partial charge in [-0.15, -0.1) is 31.7 Å². The Labute approximate surface area is 168 Å². The summed E-state index contributed by atoms with van der Waals surface area (Å²) in [4.78, 5) is 2.28. The van der Waals surface area contributed by atoms with Crippen molar-refractivity contribution >= 4 is 23.1 Å². The molecule has 3 aromatic heterocycles. The van der Waals surface area contributed by atoms with Gasteiger partial charge >= 0.3 is 0 Å². The molecule has 2 N–H and O–H groups in total. The third-order valence-electron chi connectivity index (χ3n) is 4.11. The molecule has 7 nitrogen and oxygen atoms in total. The van der Waals surface area contributed by atoms with Crippen molar-refractivity contribution in [2.75, 3.05) is 5.84 Å². The Morgan fingerprint density at radius 3 is 2.68 bits per heavy atom. The Hall–Kier alpha value is -2.72.